The van der Waals surface area contributed by atoms with Gasteiger partial charge in [-0.2, -0.15) is 0 Å². The SMILES string of the molecule is Cc1cc(C(O)c2ccc3c(c2)CC(=O)N3)sc1C. The molecule has 0 aliphatic carbocycles. The number of anilines is 1. The molecule has 0 fully saturated rings. The summed E-state index contributed by atoms with van der Waals surface area (Å²) in [5.41, 5.74) is 3.87. The lowest BCUT2D eigenvalue weighted by molar-refractivity contribution is -0.115. The highest BCUT2D eigenvalue weighted by Gasteiger charge is 2.20. The standard InChI is InChI=1S/C15H15NO2S/c1-8-5-13(19-9(8)2)15(18)10-3-4-12-11(6-10)7-14(17)16-12/h3-6,15,18H,7H2,1-2H3,(H,16,17). The van der Waals surface area contributed by atoms with Crippen molar-refractivity contribution in [2.24, 2.45) is 0 Å². The van der Waals surface area contributed by atoms with Crippen molar-refractivity contribution in [2.45, 2.75) is 26.4 Å². The van der Waals surface area contributed by atoms with E-state index in [-0.39, 0.29) is 5.91 Å². The lowest BCUT2D eigenvalue weighted by atomic mass is 10.0. The molecule has 1 aliphatic heterocycles. The lowest BCUT2D eigenvalue weighted by Crippen LogP contribution is -2.03. The molecule has 0 bridgehead atoms. The largest absolute Gasteiger partial charge is 0.383 e. The van der Waals surface area contributed by atoms with E-state index >= 15 is 0 Å². The molecule has 2 N–H and O–H groups in total. The molecule has 19 heavy (non-hydrogen) atoms. The second-order valence-electron chi connectivity index (χ2n) is 4.93. The topological polar surface area (TPSA) is 49.3 Å². The number of aliphatic hydroxyl groups is 1. The van der Waals surface area contributed by atoms with Crippen molar-refractivity contribution in [1.29, 1.82) is 0 Å². The van der Waals surface area contributed by atoms with Crippen LogP contribution >= 0.6 is 11.3 Å². The Kier molecular flexibility index (Phi) is 2.92. The zero-order valence-corrected chi connectivity index (χ0v) is 11.7. The van der Waals surface area contributed by atoms with Gasteiger partial charge in [-0.05, 0) is 42.7 Å². The summed E-state index contributed by atoms with van der Waals surface area (Å²) < 4.78 is 0. The maximum absolute atomic E-state index is 11.3. The maximum atomic E-state index is 11.3. The number of benzene rings is 1. The number of carbonyl (C=O) groups excluding carboxylic acids is 1. The molecule has 1 aromatic carbocycles. The van der Waals surface area contributed by atoms with Gasteiger partial charge < -0.3 is 10.4 Å². The molecule has 0 saturated heterocycles. The fraction of sp³-hybridized carbons (Fsp3) is 0.267. The molecule has 1 atom stereocenters. The number of carbonyl (C=O) groups is 1. The van der Waals surface area contributed by atoms with Gasteiger partial charge >= 0.3 is 0 Å². The molecule has 3 nitrogen and oxygen atoms in total. The third kappa shape index (κ3) is 2.17. The molecular formula is C15H15NO2S. The number of thiophene rings is 1. The number of hydrogen-bond donors (Lipinski definition) is 2. The van der Waals surface area contributed by atoms with Gasteiger partial charge in [0.05, 0.1) is 6.42 Å². The monoisotopic (exact) mass is 273 g/mol. The van der Waals surface area contributed by atoms with E-state index in [0.717, 1.165) is 21.7 Å². The lowest BCUT2D eigenvalue weighted by Gasteiger charge is -2.10. The summed E-state index contributed by atoms with van der Waals surface area (Å²) in [5, 5.41) is 13.2. The predicted molar refractivity (Wildman–Crippen MR) is 76.6 cm³/mol. The van der Waals surface area contributed by atoms with Crippen LogP contribution in [0.25, 0.3) is 0 Å². The van der Waals surface area contributed by atoms with Crippen LogP contribution < -0.4 is 5.32 Å². The number of nitrogens with one attached hydrogen (secondary N) is 1. The molecule has 4 heteroatoms. The van der Waals surface area contributed by atoms with E-state index in [0.29, 0.717) is 6.42 Å². The van der Waals surface area contributed by atoms with E-state index in [9.17, 15) is 9.90 Å². The van der Waals surface area contributed by atoms with Crippen LogP contribution in [-0.2, 0) is 11.2 Å². The average molecular weight is 273 g/mol. The molecule has 1 amide bonds. The van der Waals surface area contributed by atoms with Gasteiger partial charge in [-0.25, -0.2) is 0 Å². The molecule has 0 saturated carbocycles. The summed E-state index contributed by atoms with van der Waals surface area (Å²) in [6.45, 7) is 4.11. The Balaban J connectivity index is 1.94. The Morgan fingerprint density at radius 2 is 2.11 bits per heavy atom. The third-order valence-corrected chi connectivity index (χ3v) is 4.73. The normalized spacial score (nSPS) is 15.2. The molecule has 0 spiro atoms. The second kappa shape index (κ2) is 4.47. The molecule has 1 aliphatic rings. The van der Waals surface area contributed by atoms with Gasteiger partial charge in [-0.15, -0.1) is 11.3 Å². The summed E-state index contributed by atoms with van der Waals surface area (Å²) in [6.07, 6.45) is -0.211. The van der Waals surface area contributed by atoms with Crippen molar-refractivity contribution in [3.05, 3.63) is 50.7 Å². The first-order valence-electron chi connectivity index (χ1n) is 6.22. The summed E-state index contributed by atoms with van der Waals surface area (Å²) in [5.74, 6) is 0.0180. The minimum Gasteiger partial charge on any atom is -0.383 e. The number of amides is 1. The first-order chi connectivity index (χ1) is 9.04. The van der Waals surface area contributed by atoms with Crippen molar-refractivity contribution < 1.29 is 9.90 Å². The van der Waals surface area contributed by atoms with E-state index in [1.54, 1.807) is 11.3 Å². The molecular weight excluding hydrogens is 258 g/mol. The first kappa shape index (κ1) is 12.4. The summed E-state index contributed by atoms with van der Waals surface area (Å²) in [6, 6.07) is 7.69. The van der Waals surface area contributed by atoms with Gasteiger partial charge in [0.15, 0.2) is 0 Å². The van der Waals surface area contributed by atoms with Crippen LogP contribution in [0.3, 0.4) is 0 Å². The van der Waals surface area contributed by atoms with Crippen LogP contribution in [0.15, 0.2) is 24.3 Å². The van der Waals surface area contributed by atoms with Gasteiger partial charge in [0.25, 0.3) is 0 Å². The summed E-state index contributed by atoms with van der Waals surface area (Å²) in [7, 11) is 0. The van der Waals surface area contributed by atoms with E-state index < -0.39 is 6.10 Å². The van der Waals surface area contributed by atoms with Crippen molar-refractivity contribution in [3.63, 3.8) is 0 Å². The van der Waals surface area contributed by atoms with Crippen LogP contribution in [0.1, 0.15) is 32.5 Å². The molecule has 3 rings (SSSR count). The fourth-order valence-corrected chi connectivity index (χ4v) is 3.38. The van der Waals surface area contributed by atoms with Crippen molar-refractivity contribution in [2.75, 3.05) is 5.32 Å². The van der Waals surface area contributed by atoms with Gasteiger partial charge in [-0.1, -0.05) is 12.1 Å². The van der Waals surface area contributed by atoms with Crippen LogP contribution in [-0.4, -0.2) is 11.0 Å². The highest BCUT2D eigenvalue weighted by molar-refractivity contribution is 7.12. The Labute approximate surface area is 115 Å². The second-order valence-corrected chi connectivity index (χ2v) is 6.22. The highest BCUT2D eigenvalue weighted by atomic mass is 32.1. The molecule has 2 aromatic rings. The summed E-state index contributed by atoms with van der Waals surface area (Å²) >= 11 is 1.62. The van der Waals surface area contributed by atoms with Crippen LogP contribution in [0, 0.1) is 13.8 Å². The molecule has 1 aromatic heterocycles. The zero-order valence-electron chi connectivity index (χ0n) is 10.9. The number of fused-ring (bicyclic) bond motifs is 1. The van der Waals surface area contributed by atoms with Crippen molar-refractivity contribution in [3.8, 4) is 0 Å². The Morgan fingerprint density at radius 3 is 2.79 bits per heavy atom. The van der Waals surface area contributed by atoms with Crippen LogP contribution in [0.4, 0.5) is 5.69 Å². The Hall–Kier alpha value is -1.65. The fourth-order valence-electron chi connectivity index (χ4n) is 2.32. The summed E-state index contributed by atoms with van der Waals surface area (Å²) in [4.78, 5) is 13.5. The van der Waals surface area contributed by atoms with E-state index in [2.05, 4.69) is 12.2 Å². The van der Waals surface area contributed by atoms with Crippen molar-refractivity contribution in [1.82, 2.24) is 0 Å². The van der Waals surface area contributed by atoms with Crippen LogP contribution in [0.5, 0.6) is 0 Å². The molecule has 1 unspecified atom stereocenters. The van der Waals surface area contributed by atoms with Gasteiger partial charge in [0, 0.05) is 15.4 Å². The highest BCUT2D eigenvalue weighted by Crippen LogP contribution is 2.33. The number of rotatable bonds is 2. The maximum Gasteiger partial charge on any atom is 0.228 e. The number of hydrogen-bond acceptors (Lipinski definition) is 3. The minimum atomic E-state index is -0.613. The zero-order chi connectivity index (χ0) is 13.6. The first-order valence-corrected chi connectivity index (χ1v) is 7.04. The van der Waals surface area contributed by atoms with Gasteiger partial charge in [-0.3, -0.25) is 4.79 Å². The quantitative estimate of drug-likeness (QED) is 0.884. The molecule has 2 heterocycles. The Bertz CT molecular complexity index is 641. The van der Waals surface area contributed by atoms with Gasteiger partial charge in [0.2, 0.25) is 5.91 Å². The van der Waals surface area contributed by atoms with Crippen LogP contribution in [0.2, 0.25) is 0 Å². The third-order valence-electron chi connectivity index (χ3n) is 3.52. The predicted octanol–water partition coefficient (Wildman–Crippen LogP) is 2.94. The number of aliphatic hydroxyl groups excluding tert-OH is 1. The number of aryl methyl sites for hydroxylation is 2. The molecule has 0 radical (unpaired) electrons. The smallest absolute Gasteiger partial charge is 0.228 e. The Morgan fingerprint density at radius 1 is 1.32 bits per heavy atom. The molecule has 98 valence electrons. The van der Waals surface area contributed by atoms with E-state index in [1.165, 1.54) is 10.4 Å². The average Bonchev–Trinajstić information content (AvgIpc) is 2.90. The minimum absolute atomic E-state index is 0.0180. The van der Waals surface area contributed by atoms with Crippen molar-refractivity contribution >= 4 is 22.9 Å². The van der Waals surface area contributed by atoms with E-state index in [1.807, 2.05) is 31.2 Å². The van der Waals surface area contributed by atoms with E-state index in [4.69, 9.17) is 0 Å². The van der Waals surface area contributed by atoms with Gasteiger partial charge in [0.1, 0.15) is 6.10 Å².